The van der Waals surface area contributed by atoms with Gasteiger partial charge in [0.2, 0.25) is 0 Å². The fraction of sp³-hybridized carbons (Fsp3) is 0. The summed E-state index contributed by atoms with van der Waals surface area (Å²) in [7, 11) is -1.28. The predicted molar refractivity (Wildman–Crippen MR) is 39.3 cm³/mol. The quantitative estimate of drug-likeness (QED) is 0.404. The lowest BCUT2D eigenvalue weighted by Gasteiger charge is -2.10. The summed E-state index contributed by atoms with van der Waals surface area (Å²) in [5.41, 5.74) is 0. The fourth-order valence-electron chi connectivity index (χ4n) is 0.499. The van der Waals surface area contributed by atoms with E-state index in [1.54, 1.807) is 23.0 Å². The fourth-order valence-corrected chi connectivity index (χ4v) is 3.00. The Hall–Kier alpha value is -0.0200. The second-order valence-corrected chi connectivity index (χ2v) is 6.91. The molecule has 52 valence electrons. The first kappa shape index (κ1) is 7.09. The average Bonchev–Trinajstić information content (AvgIpc) is 2.08. The lowest BCUT2D eigenvalue weighted by molar-refractivity contribution is 0.397. The zero-order chi connectivity index (χ0) is 6.91. The van der Waals surface area contributed by atoms with Crippen LogP contribution in [0, 0.1) is 0 Å². The van der Waals surface area contributed by atoms with Crippen molar-refractivity contribution >= 4 is 17.3 Å². The van der Waals surface area contributed by atoms with Crippen molar-refractivity contribution in [2.75, 3.05) is 0 Å². The Bertz CT molecular complexity index is 192. The van der Waals surface area contributed by atoms with Crippen molar-refractivity contribution < 1.29 is 14.4 Å². The molecule has 0 atom stereocenters. The topological polar surface area (TPSA) is 57.5 Å². The molecule has 1 heterocycles. The lowest BCUT2D eigenvalue weighted by Crippen LogP contribution is -1.71. The zero-order valence-electron chi connectivity index (χ0n) is 4.51. The summed E-state index contributed by atoms with van der Waals surface area (Å²) in [6.07, 6.45) is 3.32. The molecule has 1 rings (SSSR count). The van der Waals surface area contributed by atoms with Gasteiger partial charge in [-0.2, -0.15) is 0 Å². The van der Waals surface area contributed by atoms with Crippen LogP contribution in [-0.2, 0) is 4.57 Å². The Morgan fingerprint density at radius 2 is 1.67 bits per heavy atom. The first-order valence-electron chi connectivity index (χ1n) is 2.30. The second kappa shape index (κ2) is 2.31. The lowest BCUT2D eigenvalue weighted by atomic mass is 10.6. The molecule has 0 saturated carbocycles. The zero-order valence-corrected chi connectivity index (χ0v) is 6.30. The first-order valence-corrected chi connectivity index (χ1v) is 6.10. The van der Waals surface area contributed by atoms with E-state index in [1.165, 1.54) is 0 Å². The summed E-state index contributed by atoms with van der Waals surface area (Å²) in [6.45, 7) is -3.82. The molecule has 0 spiro atoms. The van der Waals surface area contributed by atoms with Crippen LogP contribution in [0.3, 0.4) is 0 Å². The maximum Gasteiger partial charge on any atom is 0.371 e. The smallest absolute Gasteiger partial charge is 0.317 e. The molecule has 3 nitrogen and oxygen atoms in total. The Balaban J connectivity index is 2.76. The summed E-state index contributed by atoms with van der Waals surface area (Å²) < 4.78 is 10.5. The number of hydrogen-bond donors (Lipinski definition) is 3. The van der Waals surface area contributed by atoms with Gasteiger partial charge in [-0.3, -0.25) is 0 Å². The third kappa shape index (κ3) is 1.69. The molecular weight excluding hydrogens is 159 g/mol. The van der Waals surface area contributed by atoms with Crippen LogP contribution in [0.4, 0.5) is 0 Å². The highest BCUT2D eigenvalue weighted by Gasteiger charge is 2.20. The predicted octanol–water partition coefficient (Wildman–Crippen LogP) is 1.12. The van der Waals surface area contributed by atoms with E-state index in [0.717, 1.165) is 0 Å². The molecule has 1 aliphatic heterocycles. The molecule has 1 aliphatic rings. The molecule has 0 saturated heterocycles. The van der Waals surface area contributed by atoms with Gasteiger partial charge in [0.05, 0.1) is 0 Å². The summed E-state index contributed by atoms with van der Waals surface area (Å²) in [6, 6.07) is 0. The van der Waals surface area contributed by atoms with E-state index in [9.17, 15) is 4.57 Å². The SMILES string of the molecule is O=P(O)(O)[SH]1C=CC=C1. The van der Waals surface area contributed by atoms with Crippen LogP contribution in [-0.4, -0.2) is 9.79 Å². The van der Waals surface area contributed by atoms with Gasteiger partial charge < -0.3 is 9.79 Å². The Kier molecular flexibility index (Phi) is 1.82. The molecule has 0 fully saturated rings. The van der Waals surface area contributed by atoms with Crippen LogP contribution in [0.1, 0.15) is 0 Å². The van der Waals surface area contributed by atoms with Crippen LogP contribution in [0.25, 0.3) is 0 Å². The van der Waals surface area contributed by atoms with E-state index in [-0.39, 0.29) is 0 Å². The Morgan fingerprint density at radius 3 is 1.89 bits per heavy atom. The van der Waals surface area contributed by atoms with Gasteiger partial charge in [-0.25, -0.2) is 4.57 Å². The van der Waals surface area contributed by atoms with E-state index in [4.69, 9.17) is 9.79 Å². The van der Waals surface area contributed by atoms with E-state index < -0.39 is 17.3 Å². The molecule has 0 bridgehead atoms. The standard InChI is InChI=1S/C4H7O3PS/c5-8(6,7)9-3-1-2-4-9/h1-4,9H,(H2,5,6,7). The third-order valence-corrected chi connectivity index (χ3v) is 5.05. The van der Waals surface area contributed by atoms with Gasteiger partial charge in [0, 0.05) is 0 Å². The maximum atomic E-state index is 10.5. The summed E-state index contributed by atoms with van der Waals surface area (Å²) >= 11 is 0. The minimum Gasteiger partial charge on any atom is -0.317 e. The van der Waals surface area contributed by atoms with Crippen molar-refractivity contribution in [2.45, 2.75) is 0 Å². The van der Waals surface area contributed by atoms with Gasteiger partial charge in [0.15, 0.2) is 0 Å². The monoisotopic (exact) mass is 166 g/mol. The van der Waals surface area contributed by atoms with Crippen LogP contribution < -0.4 is 0 Å². The third-order valence-electron chi connectivity index (χ3n) is 0.890. The minimum absolute atomic E-state index is 1.28. The number of allylic oxidation sites excluding steroid dienone is 2. The first-order chi connectivity index (χ1) is 4.11. The van der Waals surface area contributed by atoms with E-state index in [0.29, 0.717) is 0 Å². The molecule has 2 N–H and O–H groups in total. The minimum atomic E-state index is -3.82. The van der Waals surface area contributed by atoms with E-state index in [2.05, 4.69) is 0 Å². The number of rotatable bonds is 1. The molecule has 0 aromatic heterocycles. The number of thiol groups is 1. The van der Waals surface area contributed by atoms with Crippen LogP contribution in [0.15, 0.2) is 23.0 Å². The Morgan fingerprint density at radius 1 is 1.22 bits per heavy atom. The van der Waals surface area contributed by atoms with Crippen molar-refractivity contribution in [3.63, 3.8) is 0 Å². The molecular formula is C4H7O3PS. The molecule has 0 amide bonds. The second-order valence-electron chi connectivity index (χ2n) is 1.58. The average molecular weight is 166 g/mol. The molecule has 0 aromatic carbocycles. The van der Waals surface area contributed by atoms with Gasteiger partial charge >= 0.3 is 6.80 Å². The highest BCUT2D eigenvalue weighted by atomic mass is 32.8. The van der Waals surface area contributed by atoms with E-state index >= 15 is 0 Å². The normalized spacial score (nSPS) is 21.3. The number of hydrogen-bond acceptors (Lipinski definition) is 1. The molecule has 0 aliphatic carbocycles. The maximum absolute atomic E-state index is 10.5. The molecule has 0 radical (unpaired) electrons. The molecule has 0 unspecified atom stereocenters. The highest BCUT2D eigenvalue weighted by molar-refractivity contribution is 8.68. The van der Waals surface area contributed by atoms with Crippen molar-refractivity contribution in [1.82, 2.24) is 0 Å². The van der Waals surface area contributed by atoms with Crippen molar-refractivity contribution in [2.24, 2.45) is 0 Å². The van der Waals surface area contributed by atoms with Gasteiger partial charge in [-0.1, -0.05) is 12.2 Å². The van der Waals surface area contributed by atoms with Gasteiger partial charge in [0.25, 0.3) is 0 Å². The van der Waals surface area contributed by atoms with E-state index in [1.807, 2.05) is 0 Å². The van der Waals surface area contributed by atoms with Crippen LogP contribution in [0.2, 0.25) is 0 Å². The van der Waals surface area contributed by atoms with Gasteiger partial charge in [-0.05, 0) is 10.8 Å². The van der Waals surface area contributed by atoms with Crippen molar-refractivity contribution in [3.8, 4) is 0 Å². The summed E-state index contributed by atoms with van der Waals surface area (Å²) in [5.74, 6) is 0. The highest BCUT2D eigenvalue weighted by Crippen LogP contribution is 2.65. The van der Waals surface area contributed by atoms with Crippen molar-refractivity contribution in [3.05, 3.63) is 23.0 Å². The van der Waals surface area contributed by atoms with Gasteiger partial charge in [0.1, 0.15) is 0 Å². The molecule has 5 heteroatoms. The van der Waals surface area contributed by atoms with Gasteiger partial charge in [-0.15, -0.1) is 10.5 Å². The Labute approximate surface area is 55.3 Å². The summed E-state index contributed by atoms with van der Waals surface area (Å²) in [5, 5.41) is 3.10. The summed E-state index contributed by atoms with van der Waals surface area (Å²) in [4.78, 5) is 17.1. The van der Waals surface area contributed by atoms with Crippen molar-refractivity contribution in [1.29, 1.82) is 0 Å². The van der Waals surface area contributed by atoms with Crippen LogP contribution in [0.5, 0.6) is 0 Å². The molecule has 9 heavy (non-hydrogen) atoms. The largest absolute Gasteiger partial charge is 0.371 e. The molecule has 0 aromatic rings. The van der Waals surface area contributed by atoms with Crippen LogP contribution >= 0.6 is 17.3 Å².